The van der Waals surface area contributed by atoms with E-state index >= 15 is 0 Å². The smallest absolute Gasteiger partial charge is 0.182 e. The van der Waals surface area contributed by atoms with E-state index in [-0.39, 0.29) is 10.9 Å². The van der Waals surface area contributed by atoms with E-state index in [0.717, 1.165) is 25.7 Å². The van der Waals surface area contributed by atoms with Crippen molar-refractivity contribution in [1.29, 1.82) is 0 Å². The third-order valence-corrected chi connectivity index (χ3v) is 6.54. The van der Waals surface area contributed by atoms with E-state index < -0.39 is 15.1 Å². The highest BCUT2D eigenvalue weighted by Crippen LogP contribution is 2.35. The van der Waals surface area contributed by atoms with Crippen molar-refractivity contribution in [2.45, 2.75) is 48.3 Å². The highest BCUT2D eigenvalue weighted by Gasteiger charge is 2.34. The Labute approximate surface area is 125 Å². The predicted octanol–water partition coefficient (Wildman–Crippen LogP) is 1.89. The molecule has 0 amide bonds. The number of hydrogen-bond acceptors (Lipinski definition) is 5. The zero-order valence-electron chi connectivity index (χ0n) is 12.0. The number of ether oxygens (including phenoxy) is 2. The van der Waals surface area contributed by atoms with Gasteiger partial charge in [-0.2, -0.15) is 0 Å². The van der Waals surface area contributed by atoms with Gasteiger partial charge in [0.1, 0.15) is 13.2 Å². The van der Waals surface area contributed by atoms with E-state index in [1.807, 2.05) is 0 Å². The van der Waals surface area contributed by atoms with Crippen LogP contribution >= 0.6 is 0 Å². The second-order valence-electron chi connectivity index (χ2n) is 5.69. The molecular weight excluding hydrogens is 290 g/mol. The van der Waals surface area contributed by atoms with Crippen LogP contribution in [-0.4, -0.2) is 32.9 Å². The van der Waals surface area contributed by atoms with Crippen LogP contribution in [0.2, 0.25) is 0 Å². The number of hydrogen-bond donors (Lipinski definition) is 1. The monoisotopic (exact) mass is 311 g/mol. The quantitative estimate of drug-likeness (QED) is 0.844. The zero-order valence-corrected chi connectivity index (χ0v) is 12.8. The Hall–Kier alpha value is -1.27. The topological polar surface area (TPSA) is 78.6 Å². The van der Waals surface area contributed by atoms with Gasteiger partial charge in [-0.1, -0.05) is 19.3 Å². The summed E-state index contributed by atoms with van der Waals surface area (Å²) in [6.07, 6.45) is 4.39. The van der Waals surface area contributed by atoms with Gasteiger partial charge in [0, 0.05) is 12.1 Å². The average molecular weight is 311 g/mol. The Morgan fingerprint density at radius 3 is 2.52 bits per heavy atom. The molecule has 2 atom stereocenters. The minimum atomic E-state index is -3.43. The molecule has 1 saturated carbocycles. The van der Waals surface area contributed by atoms with E-state index in [4.69, 9.17) is 15.2 Å². The molecule has 0 radical (unpaired) electrons. The second-order valence-corrected chi connectivity index (χ2v) is 7.86. The van der Waals surface area contributed by atoms with Crippen molar-refractivity contribution < 1.29 is 17.9 Å². The fraction of sp³-hybridized carbons (Fsp3) is 0.600. The van der Waals surface area contributed by atoms with Crippen molar-refractivity contribution in [3.8, 4) is 11.5 Å². The zero-order chi connectivity index (χ0) is 14.9. The van der Waals surface area contributed by atoms with Crippen LogP contribution in [0.15, 0.2) is 23.1 Å². The molecule has 0 saturated heterocycles. The summed E-state index contributed by atoms with van der Waals surface area (Å²) >= 11 is 0. The molecule has 1 fully saturated rings. The molecule has 2 N–H and O–H groups in total. The normalized spacial score (nSPS) is 26.1. The lowest BCUT2D eigenvalue weighted by Gasteiger charge is -2.23. The minimum Gasteiger partial charge on any atom is -0.486 e. The summed E-state index contributed by atoms with van der Waals surface area (Å²) in [6.45, 7) is 0.937. The molecule has 1 aromatic carbocycles. The maximum absolute atomic E-state index is 12.9. The molecule has 5 nitrogen and oxygen atoms in total. The van der Waals surface area contributed by atoms with Gasteiger partial charge in [-0.25, -0.2) is 8.42 Å². The van der Waals surface area contributed by atoms with E-state index in [2.05, 4.69) is 0 Å². The largest absolute Gasteiger partial charge is 0.486 e. The van der Waals surface area contributed by atoms with Crippen molar-refractivity contribution in [3.63, 3.8) is 0 Å². The van der Waals surface area contributed by atoms with Crippen molar-refractivity contribution in [2.24, 2.45) is 5.73 Å². The van der Waals surface area contributed by atoms with Crippen LogP contribution in [-0.2, 0) is 9.84 Å². The van der Waals surface area contributed by atoms with Gasteiger partial charge in [0.05, 0.1) is 10.1 Å². The van der Waals surface area contributed by atoms with Gasteiger partial charge in [-0.05, 0) is 25.0 Å². The standard InChI is InChI=1S/C15H21NO4S/c16-12-4-2-1-3-5-15(12)21(17,18)11-6-7-13-14(10-11)20-9-8-19-13/h6-7,10,12,15H,1-5,8-9,16H2. The van der Waals surface area contributed by atoms with Gasteiger partial charge in [0.2, 0.25) is 0 Å². The SMILES string of the molecule is NC1CCCCCC1S(=O)(=O)c1ccc2c(c1)OCCO2. The second kappa shape index (κ2) is 5.85. The highest BCUT2D eigenvalue weighted by molar-refractivity contribution is 7.92. The first-order chi connectivity index (χ1) is 10.1. The molecule has 1 aromatic rings. The summed E-state index contributed by atoms with van der Waals surface area (Å²) < 4.78 is 36.6. The summed E-state index contributed by atoms with van der Waals surface area (Å²) in [4.78, 5) is 0.286. The van der Waals surface area contributed by atoms with Crippen molar-refractivity contribution in [2.75, 3.05) is 13.2 Å². The van der Waals surface area contributed by atoms with Crippen molar-refractivity contribution in [1.82, 2.24) is 0 Å². The molecule has 3 rings (SSSR count). The minimum absolute atomic E-state index is 0.286. The van der Waals surface area contributed by atoms with Crippen molar-refractivity contribution >= 4 is 9.84 Å². The molecule has 1 heterocycles. The van der Waals surface area contributed by atoms with Gasteiger partial charge < -0.3 is 15.2 Å². The summed E-state index contributed by atoms with van der Waals surface area (Å²) in [5.74, 6) is 1.11. The number of benzene rings is 1. The molecule has 21 heavy (non-hydrogen) atoms. The summed E-state index contributed by atoms with van der Waals surface area (Å²) in [6, 6.07) is 4.55. The van der Waals surface area contributed by atoms with E-state index in [0.29, 0.717) is 31.1 Å². The predicted molar refractivity (Wildman–Crippen MR) is 79.5 cm³/mol. The van der Waals surface area contributed by atoms with Crippen LogP contribution in [0, 0.1) is 0 Å². The molecule has 1 aliphatic heterocycles. The molecule has 1 aliphatic carbocycles. The Morgan fingerprint density at radius 1 is 1.00 bits per heavy atom. The van der Waals surface area contributed by atoms with Crippen LogP contribution in [0.4, 0.5) is 0 Å². The van der Waals surface area contributed by atoms with Crippen LogP contribution in [0.5, 0.6) is 11.5 Å². The number of rotatable bonds is 2. The molecular formula is C15H21NO4S. The molecule has 2 unspecified atom stereocenters. The fourth-order valence-corrected chi connectivity index (χ4v) is 5.01. The van der Waals surface area contributed by atoms with E-state index in [1.54, 1.807) is 18.2 Å². The lowest BCUT2D eigenvalue weighted by Crippen LogP contribution is -2.39. The molecule has 116 valence electrons. The van der Waals surface area contributed by atoms with Gasteiger partial charge in [0.15, 0.2) is 21.3 Å². The first-order valence-corrected chi connectivity index (χ1v) is 9.03. The van der Waals surface area contributed by atoms with Gasteiger partial charge in [-0.3, -0.25) is 0 Å². The molecule has 2 aliphatic rings. The Kier molecular flexibility index (Phi) is 4.08. The molecule has 6 heteroatoms. The van der Waals surface area contributed by atoms with E-state index in [9.17, 15) is 8.42 Å². The van der Waals surface area contributed by atoms with Crippen LogP contribution in [0.3, 0.4) is 0 Å². The van der Waals surface area contributed by atoms with Gasteiger partial charge in [-0.15, -0.1) is 0 Å². The Morgan fingerprint density at radius 2 is 1.71 bits per heavy atom. The van der Waals surface area contributed by atoms with Crippen LogP contribution in [0.1, 0.15) is 32.1 Å². The Balaban J connectivity index is 1.93. The van der Waals surface area contributed by atoms with Crippen LogP contribution in [0.25, 0.3) is 0 Å². The highest BCUT2D eigenvalue weighted by atomic mass is 32.2. The van der Waals surface area contributed by atoms with Crippen LogP contribution < -0.4 is 15.2 Å². The number of nitrogens with two attached hydrogens (primary N) is 1. The number of sulfone groups is 1. The maximum Gasteiger partial charge on any atom is 0.182 e. The summed E-state index contributed by atoms with van der Waals surface area (Å²) in [5.41, 5.74) is 6.11. The lowest BCUT2D eigenvalue weighted by molar-refractivity contribution is 0.171. The van der Waals surface area contributed by atoms with Gasteiger partial charge >= 0.3 is 0 Å². The maximum atomic E-state index is 12.9. The van der Waals surface area contributed by atoms with Gasteiger partial charge in [0.25, 0.3) is 0 Å². The fourth-order valence-electron chi connectivity index (χ4n) is 3.06. The Bertz CT molecular complexity index is 614. The summed E-state index contributed by atoms with van der Waals surface area (Å²) in [7, 11) is -3.43. The molecule has 0 bridgehead atoms. The number of fused-ring (bicyclic) bond motifs is 1. The third kappa shape index (κ3) is 2.87. The van der Waals surface area contributed by atoms with E-state index in [1.165, 1.54) is 0 Å². The first-order valence-electron chi connectivity index (χ1n) is 7.48. The summed E-state index contributed by atoms with van der Waals surface area (Å²) in [5, 5.41) is -0.498. The molecule has 0 spiro atoms. The van der Waals surface area contributed by atoms with Crippen molar-refractivity contribution in [3.05, 3.63) is 18.2 Å². The lowest BCUT2D eigenvalue weighted by atomic mass is 10.1. The average Bonchev–Trinajstić information content (AvgIpc) is 2.71. The molecule has 0 aromatic heterocycles. The first kappa shape index (κ1) is 14.7. The third-order valence-electron chi connectivity index (χ3n) is 4.24.